The molecule has 1 fully saturated rings. The van der Waals surface area contributed by atoms with Crippen molar-refractivity contribution in [2.45, 2.75) is 25.3 Å². The smallest absolute Gasteiger partial charge is 0.237 e. The molecule has 2 aromatic carbocycles. The first-order valence-electron chi connectivity index (χ1n) is 10.9. The van der Waals surface area contributed by atoms with Gasteiger partial charge in [-0.05, 0) is 68.3 Å². The van der Waals surface area contributed by atoms with Gasteiger partial charge in [-0.25, -0.2) is 0 Å². The second kappa shape index (κ2) is 10.2. The molecule has 1 amide bonds. The molecule has 7 heteroatoms. The molecule has 2 heterocycles. The number of hydrogen-bond donors (Lipinski definition) is 0. The number of likely N-dealkylation sites (N-methyl/N-ethyl adjacent to an activating group) is 1. The molecule has 2 aromatic rings. The van der Waals surface area contributed by atoms with Crippen LogP contribution in [0, 0.1) is 0 Å². The van der Waals surface area contributed by atoms with Crippen molar-refractivity contribution in [2.75, 3.05) is 46.5 Å². The van der Waals surface area contributed by atoms with E-state index < -0.39 is 0 Å². The van der Waals surface area contributed by atoms with Crippen LogP contribution in [-0.4, -0.2) is 62.2 Å². The van der Waals surface area contributed by atoms with Crippen LogP contribution in [0.5, 0.6) is 17.2 Å². The second-order valence-corrected chi connectivity index (χ2v) is 8.48. The number of amides is 1. The van der Waals surface area contributed by atoms with Crippen LogP contribution in [0.25, 0.3) is 0 Å². The van der Waals surface area contributed by atoms with Crippen LogP contribution in [0.3, 0.4) is 0 Å². The lowest BCUT2D eigenvalue weighted by molar-refractivity contribution is -0.133. The Balaban J connectivity index is 1.25. The van der Waals surface area contributed by atoms with Crippen molar-refractivity contribution in [1.29, 1.82) is 0 Å². The van der Waals surface area contributed by atoms with E-state index in [-0.39, 0.29) is 11.9 Å². The Morgan fingerprint density at radius 3 is 2.74 bits per heavy atom. The van der Waals surface area contributed by atoms with E-state index in [1.807, 2.05) is 48.3 Å². The summed E-state index contributed by atoms with van der Waals surface area (Å²) in [5, 5.41) is 0.696. The Bertz CT molecular complexity index is 890. The van der Waals surface area contributed by atoms with Crippen molar-refractivity contribution in [3.8, 4) is 17.2 Å². The fourth-order valence-corrected chi connectivity index (χ4v) is 4.26. The average Bonchev–Trinajstić information content (AvgIpc) is 3.28. The topological polar surface area (TPSA) is 51.2 Å². The number of likely N-dealkylation sites (tertiary alicyclic amines) is 1. The number of rotatable bonds is 8. The van der Waals surface area contributed by atoms with E-state index in [1.165, 1.54) is 0 Å². The summed E-state index contributed by atoms with van der Waals surface area (Å²) in [4.78, 5) is 17.1. The number of hydrogen-bond acceptors (Lipinski definition) is 5. The standard InChI is InChI=1S/C24H29ClN2O4/c1-26(11-3-13-29-20-8-6-19(25)7-9-20)17-24(28)27-12-2-4-21(27)18-5-10-22-23(16-18)31-15-14-30-22/h5-10,16,21H,2-4,11-15,17H2,1H3. The summed E-state index contributed by atoms with van der Waals surface area (Å²) in [5.41, 5.74) is 1.12. The Morgan fingerprint density at radius 2 is 1.94 bits per heavy atom. The van der Waals surface area contributed by atoms with Crippen LogP contribution in [0.2, 0.25) is 5.02 Å². The van der Waals surface area contributed by atoms with Gasteiger partial charge in [-0.3, -0.25) is 9.69 Å². The number of nitrogens with zero attached hydrogens (tertiary/aromatic N) is 2. The first kappa shape index (κ1) is 21.8. The molecule has 0 aliphatic carbocycles. The van der Waals surface area contributed by atoms with E-state index >= 15 is 0 Å². The van der Waals surface area contributed by atoms with E-state index in [0.29, 0.717) is 31.4 Å². The van der Waals surface area contributed by atoms with Crippen molar-refractivity contribution in [2.24, 2.45) is 0 Å². The minimum Gasteiger partial charge on any atom is -0.494 e. The average molecular weight is 445 g/mol. The Kier molecular flexibility index (Phi) is 7.20. The zero-order valence-electron chi connectivity index (χ0n) is 17.9. The predicted molar refractivity (Wildman–Crippen MR) is 120 cm³/mol. The van der Waals surface area contributed by atoms with E-state index in [9.17, 15) is 4.79 Å². The maximum Gasteiger partial charge on any atom is 0.237 e. The molecule has 6 nitrogen and oxygen atoms in total. The van der Waals surface area contributed by atoms with Crippen molar-refractivity contribution < 1.29 is 19.0 Å². The molecule has 0 radical (unpaired) electrons. The van der Waals surface area contributed by atoms with E-state index in [2.05, 4.69) is 11.0 Å². The lowest BCUT2D eigenvalue weighted by Gasteiger charge is -2.28. The van der Waals surface area contributed by atoms with Gasteiger partial charge >= 0.3 is 0 Å². The number of carbonyl (C=O) groups is 1. The minimum atomic E-state index is 0.102. The van der Waals surface area contributed by atoms with Gasteiger partial charge in [0.05, 0.1) is 19.2 Å². The maximum atomic E-state index is 13.0. The summed E-state index contributed by atoms with van der Waals surface area (Å²) in [6, 6.07) is 13.5. The number of ether oxygens (including phenoxy) is 3. The van der Waals surface area contributed by atoms with Crippen molar-refractivity contribution in [3.63, 3.8) is 0 Å². The highest BCUT2D eigenvalue weighted by Gasteiger charge is 2.31. The quantitative estimate of drug-likeness (QED) is 0.572. The molecular formula is C24H29ClN2O4. The number of halogens is 1. The lowest BCUT2D eigenvalue weighted by Crippen LogP contribution is -2.39. The summed E-state index contributed by atoms with van der Waals surface area (Å²) in [6.07, 6.45) is 2.84. The molecule has 1 unspecified atom stereocenters. The van der Waals surface area contributed by atoms with Gasteiger partial charge in [0.25, 0.3) is 0 Å². The van der Waals surface area contributed by atoms with Crippen molar-refractivity contribution in [3.05, 3.63) is 53.1 Å². The summed E-state index contributed by atoms with van der Waals surface area (Å²) >= 11 is 5.89. The van der Waals surface area contributed by atoms with E-state index in [1.54, 1.807) is 0 Å². The van der Waals surface area contributed by atoms with Crippen molar-refractivity contribution >= 4 is 17.5 Å². The molecule has 1 atom stereocenters. The fourth-order valence-electron chi connectivity index (χ4n) is 4.14. The van der Waals surface area contributed by atoms with Crippen LogP contribution in [0.15, 0.2) is 42.5 Å². The zero-order chi connectivity index (χ0) is 21.6. The first-order chi connectivity index (χ1) is 15.1. The van der Waals surface area contributed by atoms with Crippen LogP contribution >= 0.6 is 11.6 Å². The molecule has 0 aromatic heterocycles. The van der Waals surface area contributed by atoms with Crippen LogP contribution < -0.4 is 14.2 Å². The predicted octanol–water partition coefficient (Wildman–Crippen LogP) is 4.18. The summed E-state index contributed by atoms with van der Waals surface area (Å²) in [6.45, 7) is 3.74. The normalized spacial score (nSPS) is 17.8. The number of carbonyl (C=O) groups excluding carboxylic acids is 1. The summed E-state index contributed by atoms with van der Waals surface area (Å²) in [5.74, 6) is 2.54. The van der Waals surface area contributed by atoms with Crippen LogP contribution in [0.4, 0.5) is 0 Å². The fraction of sp³-hybridized carbons (Fsp3) is 0.458. The van der Waals surface area contributed by atoms with Gasteiger partial charge in [0.2, 0.25) is 5.91 Å². The number of fused-ring (bicyclic) bond motifs is 1. The zero-order valence-corrected chi connectivity index (χ0v) is 18.6. The molecule has 0 saturated carbocycles. The van der Waals surface area contributed by atoms with Gasteiger partial charge < -0.3 is 19.1 Å². The monoisotopic (exact) mass is 444 g/mol. The minimum absolute atomic E-state index is 0.102. The first-order valence-corrected chi connectivity index (χ1v) is 11.2. The highest BCUT2D eigenvalue weighted by atomic mass is 35.5. The third-order valence-electron chi connectivity index (χ3n) is 5.70. The van der Waals surface area contributed by atoms with Crippen LogP contribution in [-0.2, 0) is 4.79 Å². The molecule has 2 aliphatic rings. The molecule has 1 saturated heterocycles. The maximum absolute atomic E-state index is 13.0. The summed E-state index contributed by atoms with van der Waals surface area (Å²) in [7, 11) is 1.98. The highest BCUT2D eigenvalue weighted by molar-refractivity contribution is 6.30. The molecule has 31 heavy (non-hydrogen) atoms. The Hall–Kier alpha value is -2.44. The molecular weight excluding hydrogens is 416 g/mol. The molecule has 0 spiro atoms. The SMILES string of the molecule is CN(CCCOc1ccc(Cl)cc1)CC(=O)N1CCCC1c1ccc2c(c1)OCCO2. The Morgan fingerprint density at radius 1 is 1.16 bits per heavy atom. The Labute approximate surface area is 188 Å². The van der Waals surface area contributed by atoms with Gasteiger partial charge in [0.15, 0.2) is 11.5 Å². The lowest BCUT2D eigenvalue weighted by atomic mass is 10.0. The summed E-state index contributed by atoms with van der Waals surface area (Å²) < 4.78 is 17.1. The third-order valence-corrected chi connectivity index (χ3v) is 5.95. The van der Waals surface area contributed by atoms with Crippen LogP contribution in [0.1, 0.15) is 30.9 Å². The largest absolute Gasteiger partial charge is 0.494 e. The van der Waals surface area contributed by atoms with Gasteiger partial charge in [0, 0.05) is 18.1 Å². The third kappa shape index (κ3) is 5.63. The van der Waals surface area contributed by atoms with Gasteiger partial charge in [-0.2, -0.15) is 0 Å². The van der Waals surface area contributed by atoms with E-state index in [4.69, 9.17) is 25.8 Å². The van der Waals surface area contributed by atoms with Gasteiger partial charge in [-0.15, -0.1) is 0 Å². The molecule has 166 valence electrons. The van der Waals surface area contributed by atoms with Gasteiger partial charge in [0.1, 0.15) is 19.0 Å². The van der Waals surface area contributed by atoms with Gasteiger partial charge in [-0.1, -0.05) is 17.7 Å². The van der Waals surface area contributed by atoms with E-state index in [0.717, 1.165) is 55.2 Å². The molecule has 4 rings (SSSR count). The molecule has 2 aliphatic heterocycles. The molecule has 0 bridgehead atoms. The highest BCUT2D eigenvalue weighted by Crippen LogP contribution is 2.38. The van der Waals surface area contributed by atoms with Crippen molar-refractivity contribution in [1.82, 2.24) is 9.80 Å². The number of benzene rings is 2. The molecule has 0 N–H and O–H groups in total. The second-order valence-electron chi connectivity index (χ2n) is 8.04.